The van der Waals surface area contributed by atoms with Gasteiger partial charge in [0.25, 0.3) is 0 Å². The van der Waals surface area contributed by atoms with Crippen molar-refractivity contribution in [2.24, 2.45) is 0 Å². The van der Waals surface area contributed by atoms with Crippen LogP contribution in [0, 0.1) is 12.7 Å². The fraction of sp³-hybridized carbons (Fsp3) is 0.200. The molecule has 0 amide bonds. The quantitative estimate of drug-likeness (QED) is 0.777. The third kappa shape index (κ3) is 3.03. The molecule has 0 aliphatic carbocycles. The van der Waals surface area contributed by atoms with Gasteiger partial charge >= 0.3 is 0 Å². The van der Waals surface area contributed by atoms with Crippen molar-refractivity contribution in [2.45, 2.75) is 19.8 Å². The van der Waals surface area contributed by atoms with E-state index in [9.17, 15) is 9.50 Å². The average Bonchev–Trinajstić information content (AvgIpc) is 2.41. The number of phenolic OH excluding ortho intramolecular Hbond substituents is 1. The zero-order valence-corrected chi connectivity index (χ0v) is 13.0. The molecule has 0 bridgehead atoms. The van der Waals surface area contributed by atoms with E-state index in [2.05, 4.69) is 0 Å². The maximum Gasteiger partial charge on any atom is 0.137 e. The van der Waals surface area contributed by atoms with Crippen molar-refractivity contribution < 1.29 is 9.50 Å². The molecule has 0 aromatic heterocycles. The number of benzene rings is 2. The molecule has 0 atom stereocenters. The Morgan fingerprint density at radius 3 is 2.45 bits per heavy atom. The molecule has 2 aromatic rings. The molecule has 0 aliphatic heterocycles. The van der Waals surface area contributed by atoms with E-state index in [4.69, 9.17) is 34.8 Å². The lowest BCUT2D eigenvalue weighted by Gasteiger charge is -2.11. The highest BCUT2D eigenvalue weighted by Gasteiger charge is 2.14. The maximum atomic E-state index is 13.7. The molecule has 2 rings (SSSR count). The Bertz CT molecular complexity index is 636. The van der Waals surface area contributed by atoms with Crippen molar-refractivity contribution in [3.05, 3.63) is 61.8 Å². The summed E-state index contributed by atoms with van der Waals surface area (Å²) in [4.78, 5) is 0. The van der Waals surface area contributed by atoms with Crippen molar-refractivity contribution in [3.63, 3.8) is 0 Å². The second-order valence-electron chi connectivity index (χ2n) is 4.51. The van der Waals surface area contributed by atoms with Gasteiger partial charge in [-0.15, -0.1) is 0 Å². The molecule has 0 spiro atoms. The SMILES string of the molecule is Cc1c(Cl)cc(CCc2c(F)cccc2Cl)c(O)c1Cl. The molecule has 106 valence electrons. The summed E-state index contributed by atoms with van der Waals surface area (Å²) in [5, 5.41) is 11.1. The molecule has 0 aliphatic rings. The number of aryl methyl sites for hydroxylation is 1. The molecular formula is C15H12Cl3FO. The lowest BCUT2D eigenvalue weighted by molar-refractivity contribution is 0.467. The monoisotopic (exact) mass is 332 g/mol. The van der Waals surface area contributed by atoms with E-state index in [0.29, 0.717) is 39.6 Å². The van der Waals surface area contributed by atoms with Crippen molar-refractivity contribution in [1.29, 1.82) is 0 Å². The lowest BCUT2D eigenvalue weighted by Crippen LogP contribution is -1.97. The van der Waals surface area contributed by atoms with Gasteiger partial charge in [0, 0.05) is 15.6 Å². The smallest absolute Gasteiger partial charge is 0.137 e. The first kappa shape index (κ1) is 15.4. The zero-order valence-electron chi connectivity index (χ0n) is 10.7. The third-order valence-electron chi connectivity index (χ3n) is 3.21. The Hall–Kier alpha value is -0.960. The number of phenols is 1. The van der Waals surface area contributed by atoms with Gasteiger partial charge in [0.2, 0.25) is 0 Å². The number of aromatic hydroxyl groups is 1. The summed E-state index contributed by atoms with van der Waals surface area (Å²) in [5.74, 6) is -0.373. The van der Waals surface area contributed by atoms with Crippen LogP contribution in [0.15, 0.2) is 24.3 Å². The molecular weight excluding hydrogens is 322 g/mol. The molecule has 0 saturated carbocycles. The topological polar surface area (TPSA) is 20.2 Å². The van der Waals surface area contributed by atoms with Crippen LogP contribution in [0.5, 0.6) is 5.75 Å². The molecule has 0 saturated heterocycles. The van der Waals surface area contributed by atoms with Crippen molar-refractivity contribution >= 4 is 34.8 Å². The van der Waals surface area contributed by atoms with Crippen LogP contribution in [0.4, 0.5) is 4.39 Å². The fourth-order valence-corrected chi connectivity index (χ4v) is 2.73. The fourth-order valence-electron chi connectivity index (χ4n) is 1.97. The minimum absolute atomic E-state index is 0.0129. The van der Waals surface area contributed by atoms with E-state index in [1.54, 1.807) is 25.1 Å². The van der Waals surface area contributed by atoms with Gasteiger partial charge in [-0.2, -0.15) is 0 Å². The summed E-state index contributed by atoms with van der Waals surface area (Å²) < 4.78 is 13.7. The van der Waals surface area contributed by atoms with E-state index < -0.39 is 0 Å². The van der Waals surface area contributed by atoms with Crippen molar-refractivity contribution in [2.75, 3.05) is 0 Å². The Labute approximate surface area is 131 Å². The number of rotatable bonds is 3. The number of hydrogen-bond donors (Lipinski definition) is 1. The number of halogens is 4. The van der Waals surface area contributed by atoms with Crippen LogP contribution in [0.3, 0.4) is 0 Å². The first-order valence-corrected chi connectivity index (χ1v) is 7.14. The molecule has 5 heteroatoms. The van der Waals surface area contributed by atoms with Gasteiger partial charge in [-0.3, -0.25) is 0 Å². The Morgan fingerprint density at radius 2 is 1.80 bits per heavy atom. The Kier molecular flexibility index (Phi) is 4.79. The summed E-state index contributed by atoms with van der Waals surface area (Å²) in [6.45, 7) is 1.72. The molecule has 0 fully saturated rings. The second-order valence-corrected chi connectivity index (χ2v) is 5.70. The van der Waals surface area contributed by atoms with E-state index >= 15 is 0 Å². The Balaban J connectivity index is 2.28. The molecule has 0 unspecified atom stereocenters. The predicted molar refractivity (Wildman–Crippen MR) is 81.7 cm³/mol. The third-order valence-corrected chi connectivity index (χ3v) is 4.42. The summed E-state index contributed by atoms with van der Waals surface area (Å²) in [5.41, 5.74) is 1.62. The van der Waals surface area contributed by atoms with Crippen molar-refractivity contribution in [3.8, 4) is 5.75 Å². The summed E-state index contributed by atoms with van der Waals surface area (Å²) in [7, 11) is 0. The number of hydrogen-bond acceptors (Lipinski definition) is 1. The van der Waals surface area contributed by atoms with Crippen LogP contribution in [-0.2, 0) is 12.8 Å². The van der Waals surface area contributed by atoms with Crippen molar-refractivity contribution in [1.82, 2.24) is 0 Å². The van der Waals surface area contributed by atoms with E-state index in [-0.39, 0.29) is 16.6 Å². The highest BCUT2D eigenvalue weighted by atomic mass is 35.5. The second kappa shape index (κ2) is 6.21. The van der Waals surface area contributed by atoms with Crippen LogP contribution in [0.1, 0.15) is 16.7 Å². The van der Waals surface area contributed by atoms with Crippen LogP contribution in [0.2, 0.25) is 15.1 Å². The van der Waals surface area contributed by atoms with Gasteiger partial charge in [0.1, 0.15) is 11.6 Å². The highest BCUT2D eigenvalue weighted by molar-refractivity contribution is 6.37. The molecule has 0 radical (unpaired) electrons. The molecule has 2 aromatic carbocycles. The standard InChI is InChI=1S/C15H12Cl3FO/c1-8-12(17)7-9(15(20)14(8)18)5-6-10-11(16)3-2-4-13(10)19/h2-4,7,20H,5-6H2,1H3. The van der Waals surface area contributed by atoms with Gasteiger partial charge in [-0.05, 0) is 49.1 Å². The first-order valence-electron chi connectivity index (χ1n) is 6.01. The lowest BCUT2D eigenvalue weighted by atomic mass is 10.0. The molecule has 20 heavy (non-hydrogen) atoms. The van der Waals surface area contributed by atoms with E-state index in [1.165, 1.54) is 6.07 Å². The van der Waals surface area contributed by atoms with Crippen LogP contribution >= 0.6 is 34.8 Å². The van der Waals surface area contributed by atoms with E-state index in [0.717, 1.165) is 0 Å². The van der Waals surface area contributed by atoms with E-state index in [1.807, 2.05) is 0 Å². The summed E-state index contributed by atoms with van der Waals surface area (Å²) in [6, 6.07) is 6.19. The maximum absolute atomic E-state index is 13.7. The Morgan fingerprint density at radius 1 is 1.10 bits per heavy atom. The predicted octanol–water partition coefficient (Wildman–Crippen LogP) is 5.59. The largest absolute Gasteiger partial charge is 0.506 e. The van der Waals surface area contributed by atoms with Crippen LogP contribution in [-0.4, -0.2) is 5.11 Å². The van der Waals surface area contributed by atoms with Gasteiger partial charge in [-0.1, -0.05) is 40.9 Å². The highest BCUT2D eigenvalue weighted by Crippen LogP contribution is 2.36. The molecule has 1 nitrogen and oxygen atoms in total. The van der Waals surface area contributed by atoms with Gasteiger partial charge in [-0.25, -0.2) is 4.39 Å². The minimum Gasteiger partial charge on any atom is -0.506 e. The summed E-state index contributed by atoms with van der Waals surface area (Å²) in [6.07, 6.45) is 0.751. The first-order chi connectivity index (χ1) is 9.41. The molecule has 1 N–H and O–H groups in total. The summed E-state index contributed by atoms with van der Waals surface area (Å²) >= 11 is 18.0. The molecule has 0 heterocycles. The van der Waals surface area contributed by atoms with Crippen LogP contribution in [0.25, 0.3) is 0 Å². The van der Waals surface area contributed by atoms with Crippen LogP contribution < -0.4 is 0 Å². The van der Waals surface area contributed by atoms with Gasteiger partial charge in [0.05, 0.1) is 5.02 Å². The minimum atomic E-state index is -0.360. The average molecular weight is 334 g/mol. The normalized spacial score (nSPS) is 10.8. The van der Waals surface area contributed by atoms with Gasteiger partial charge in [0.15, 0.2) is 0 Å². The zero-order chi connectivity index (χ0) is 14.9. The van der Waals surface area contributed by atoms with Gasteiger partial charge < -0.3 is 5.11 Å².